The van der Waals surface area contributed by atoms with Gasteiger partial charge in [-0.1, -0.05) is 87.9 Å². The van der Waals surface area contributed by atoms with Crippen molar-refractivity contribution in [3.8, 4) is 0 Å². The number of ether oxygens (including phenoxy) is 2. The van der Waals surface area contributed by atoms with Crippen LogP contribution < -0.4 is 0 Å². The highest BCUT2D eigenvalue weighted by atomic mass is 16.7. The highest BCUT2D eigenvalue weighted by molar-refractivity contribution is 5.93. The first kappa shape index (κ1) is 26.6. The molecule has 0 radical (unpaired) electrons. The maximum absolute atomic E-state index is 12.7. The van der Waals surface area contributed by atoms with E-state index in [1.54, 1.807) is 36.4 Å². The topological polar surface area (TPSA) is 76.1 Å². The SMILES string of the molecule is Cc1ccc(C(O)(c2ccccc2)C2(CCN(CC(C)C)CC(C)C)OC(=O)C=CC(=O)O2)cc1. The zero-order chi connectivity index (χ0) is 25.6. The van der Waals surface area contributed by atoms with Crippen molar-refractivity contribution in [2.45, 2.75) is 52.4 Å². The molecule has 2 aromatic carbocycles. The van der Waals surface area contributed by atoms with Crippen molar-refractivity contribution in [3.63, 3.8) is 0 Å². The highest BCUT2D eigenvalue weighted by Crippen LogP contribution is 2.46. The van der Waals surface area contributed by atoms with Gasteiger partial charge in [0.25, 0.3) is 5.79 Å². The number of aliphatic hydroxyl groups is 1. The fourth-order valence-electron chi connectivity index (χ4n) is 4.66. The van der Waals surface area contributed by atoms with Gasteiger partial charge in [0, 0.05) is 38.2 Å². The molecular formula is C29H37NO5. The minimum absolute atomic E-state index is 0.0882. The van der Waals surface area contributed by atoms with Crippen LogP contribution in [0.5, 0.6) is 0 Å². The zero-order valence-electron chi connectivity index (χ0n) is 21.4. The first-order valence-corrected chi connectivity index (χ1v) is 12.3. The van der Waals surface area contributed by atoms with E-state index in [2.05, 4.69) is 32.6 Å². The average Bonchev–Trinajstić information content (AvgIpc) is 2.95. The largest absolute Gasteiger partial charge is 0.415 e. The summed E-state index contributed by atoms with van der Waals surface area (Å²) in [5, 5.41) is 12.6. The maximum atomic E-state index is 12.7. The molecule has 0 amide bonds. The van der Waals surface area contributed by atoms with Crippen molar-refractivity contribution in [1.82, 2.24) is 4.90 Å². The lowest BCUT2D eigenvalue weighted by atomic mass is 9.77. The number of esters is 2. The summed E-state index contributed by atoms with van der Waals surface area (Å²) in [6.45, 7) is 12.6. The predicted molar refractivity (Wildman–Crippen MR) is 135 cm³/mol. The minimum atomic E-state index is -1.98. The second kappa shape index (κ2) is 11.2. The Morgan fingerprint density at radius 1 is 0.829 bits per heavy atom. The monoisotopic (exact) mass is 479 g/mol. The zero-order valence-corrected chi connectivity index (χ0v) is 21.4. The van der Waals surface area contributed by atoms with Crippen LogP contribution in [0.4, 0.5) is 0 Å². The molecule has 6 nitrogen and oxygen atoms in total. The molecule has 2 aromatic rings. The van der Waals surface area contributed by atoms with Crippen LogP contribution in [-0.2, 0) is 24.7 Å². The van der Waals surface area contributed by atoms with Gasteiger partial charge in [-0.3, -0.25) is 0 Å². The Kier molecular flexibility index (Phi) is 8.51. The summed E-state index contributed by atoms with van der Waals surface area (Å²) < 4.78 is 11.8. The lowest BCUT2D eigenvalue weighted by Gasteiger charge is -2.45. The van der Waals surface area contributed by atoms with Gasteiger partial charge in [0.15, 0.2) is 5.60 Å². The quantitative estimate of drug-likeness (QED) is 0.503. The normalized spacial score (nSPS) is 17.3. The van der Waals surface area contributed by atoms with E-state index in [0.717, 1.165) is 30.8 Å². The molecule has 0 bridgehead atoms. The van der Waals surface area contributed by atoms with Crippen molar-refractivity contribution >= 4 is 11.9 Å². The third-order valence-electron chi connectivity index (χ3n) is 6.10. The summed E-state index contributed by atoms with van der Waals surface area (Å²) in [6.07, 6.45) is 2.18. The third-order valence-corrected chi connectivity index (χ3v) is 6.10. The molecule has 1 aliphatic heterocycles. The highest BCUT2D eigenvalue weighted by Gasteiger charge is 2.59. The molecule has 0 aliphatic carbocycles. The number of nitrogens with zero attached hydrogens (tertiary/aromatic N) is 1. The number of aryl methyl sites for hydroxylation is 1. The second-order valence-corrected chi connectivity index (χ2v) is 10.2. The van der Waals surface area contributed by atoms with Crippen LogP contribution in [0, 0.1) is 18.8 Å². The lowest BCUT2D eigenvalue weighted by molar-refractivity contribution is -0.285. The van der Waals surface area contributed by atoms with Crippen molar-refractivity contribution in [2.24, 2.45) is 11.8 Å². The smallest absolute Gasteiger partial charge is 0.334 e. The molecular weight excluding hydrogens is 442 g/mol. The average molecular weight is 480 g/mol. The molecule has 1 heterocycles. The first-order chi connectivity index (χ1) is 16.6. The molecule has 0 spiro atoms. The number of hydrogen-bond donors (Lipinski definition) is 1. The van der Waals surface area contributed by atoms with E-state index in [-0.39, 0.29) is 6.42 Å². The minimum Gasteiger partial charge on any atom is -0.415 e. The van der Waals surface area contributed by atoms with Gasteiger partial charge in [0.05, 0.1) is 0 Å². The number of carbonyl (C=O) groups excluding carboxylic acids is 2. The molecule has 0 saturated heterocycles. The number of carbonyl (C=O) groups is 2. The Labute approximate surface area is 208 Å². The van der Waals surface area contributed by atoms with Gasteiger partial charge in [-0.25, -0.2) is 9.59 Å². The molecule has 1 N–H and O–H groups in total. The van der Waals surface area contributed by atoms with Crippen molar-refractivity contribution < 1.29 is 24.2 Å². The van der Waals surface area contributed by atoms with Crippen molar-refractivity contribution in [3.05, 3.63) is 83.4 Å². The second-order valence-electron chi connectivity index (χ2n) is 10.2. The summed E-state index contributed by atoms with van der Waals surface area (Å²) in [5.74, 6) is -2.63. The van der Waals surface area contributed by atoms with E-state index < -0.39 is 23.3 Å². The number of rotatable bonds is 10. The van der Waals surface area contributed by atoms with Crippen LogP contribution in [0.25, 0.3) is 0 Å². The first-order valence-electron chi connectivity index (χ1n) is 12.3. The number of benzene rings is 2. The van der Waals surface area contributed by atoms with Crippen LogP contribution >= 0.6 is 0 Å². The van der Waals surface area contributed by atoms with Crippen LogP contribution in [0.1, 0.15) is 50.8 Å². The molecule has 0 saturated carbocycles. The Hall–Kier alpha value is -2.96. The van der Waals surface area contributed by atoms with E-state index >= 15 is 0 Å². The van der Waals surface area contributed by atoms with Crippen molar-refractivity contribution in [2.75, 3.05) is 19.6 Å². The summed E-state index contributed by atoms with van der Waals surface area (Å²) in [5.41, 5.74) is -0.00264. The van der Waals surface area contributed by atoms with Gasteiger partial charge in [-0.15, -0.1) is 0 Å². The molecule has 1 atom stereocenters. The molecule has 1 aliphatic rings. The molecule has 188 valence electrons. The van der Waals surface area contributed by atoms with Gasteiger partial charge in [-0.05, 0) is 29.9 Å². The van der Waals surface area contributed by atoms with E-state index in [1.807, 2.05) is 25.1 Å². The fourth-order valence-corrected chi connectivity index (χ4v) is 4.66. The van der Waals surface area contributed by atoms with Gasteiger partial charge < -0.3 is 19.5 Å². The fraction of sp³-hybridized carbons (Fsp3) is 0.448. The summed E-state index contributed by atoms with van der Waals surface area (Å²) >= 11 is 0. The molecule has 1 unspecified atom stereocenters. The standard InChI is InChI=1S/C29H37NO5/c1-21(2)19-30(20-22(3)4)18-17-28(34-26(31)15-16-27(32)35-28)29(33,24-9-7-6-8-10-24)25-13-11-23(5)12-14-25/h6-16,21-22,33H,17-20H2,1-5H3. The molecule has 3 rings (SSSR count). The van der Waals surface area contributed by atoms with E-state index in [1.165, 1.54) is 0 Å². The molecule has 0 fully saturated rings. The van der Waals surface area contributed by atoms with Gasteiger partial charge in [-0.2, -0.15) is 0 Å². The summed E-state index contributed by atoms with van der Waals surface area (Å²) in [7, 11) is 0. The Balaban J connectivity index is 2.17. The van der Waals surface area contributed by atoms with E-state index in [9.17, 15) is 14.7 Å². The van der Waals surface area contributed by atoms with Crippen LogP contribution in [0.15, 0.2) is 66.7 Å². The summed E-state index contributed by atoms with van der Waals surface area (Å²) in [6, 6.07) is 16.2. The molecule has 6 heteroatoms. The van der Waals surface area contributed by atoms with Crippen LogP contribution in [0.2, 0.25) is 0 Å². The van der Waals surface area contributed by atoms with Crippen LogP contribution in [0.3, 0.4) is 0 Å². The lowest BCUT2D eigenvalue weighted by Crippen LogP contribution is -2.58. The van der Waals surface area contributed by atoms with Crippen LogP contribution in [-0.4, -0.2) is 47.4 Å². The van der Waals surface area contributed by atoms with E-state index in [4.69, 9.17) is 9.47 Å². The van der Waals surface area contributed by atoms with Gasteiger partial charge >= 0.3 is 11.9 Å². The maximum Gasteiger partial charge on any atom is 0.334 e. The van der Waals surface area contributed by atoms with Gasteiger partial charge in [0.1, 0.15) is 0 Å². The Morgan fingerprint density at radius 2 is 1.31 bits per heavy atom. The number of cyclic esters (lactones) is 2. The predicted octanol–water partition coefficient (Wildman–Crippen LogP) is 4.59. The third kappa shape index (κ3) is 6.19. The number of hydrogen-bond acceptors (Lipinski definition) is 6. The van der Waals surface area contributed by atoms with Crippen molar-refractivity contribution in [1.29, 1.82) is 0 Å². The Morgan fingerprint density at radius 3 is 1.80 bits per heavy atom. The molecule has 35 heavy (non-hydrogen) atoms. The molecule has 0 aromatic heterocycles. The van der Waals surface area contributed by atoms with E-state index in [0.29, 0.717) is 29.5 Å². The Bertz CT molecular complexity index is 999. The summed E-state index contributed by atoms with van der Waals surface area (Å²) in [4.78, 5) is 27.7. The van der Waals surface area contributed by atoms with Gasteiger partial charge in [0.2, 0.25) is 0 Å².